The Hall–Kier alpha value is -1.87. The van der Waals surface area contributed by atoms with Gasteiger partial charge in [-0.25, -0.2) is 0 Å². The summed E-state index contributed by atoms with van der Waals surface area (Å²) in [4.78, 5) is 9.04. The van der Waals surface area contributed by atoms with Crippen LogP contribution in [0.2, 0.25) is 0 Å². The number of aromatic nitrogens is 1. The number of fused-ring (bicyclic) bond motifs is 1. The van der Waals surface area contributed by atoms with E-state index in [4.69, 9.17) is 0 Å². The van der Waals surface area contributed by atoms with Crippen molar-refractivity contribution in [2.45, 2.75) is 32.2 Å². The third-order valence-corrected chi connectivity index (χ3v) is 5.42. The van der Waals surface area contributed by atoms with Crippen LogP contribution in [0.4, 0.5) is 11.4 Å². The van der Waals surface area contributed by atoms with Gasteiger partial charge in [0, 0.05) is 49.9 Å². The summed E-state index contributed by atoms with van der Waals surface area (Å²) >= 11 is 0. The highest BCUT2D eigenvalue weighted by Gasteiger charge is 2.30. The van der Waals surface area contributed by atoms with Crippen molar-refractivity contribution in [1.82, 2.24) is 9.88 Å². The minimum Gasteiger partial charge on any atom is -0.345 e. The van der Waals surface area contributed by atoms with Crippen LogP contribution >= 0.6 is 0 Å². The van der Waals surface area contributed by atoms with Crippen LogP contribution in [0.25, 0.3) is 0 Å². The number of pyridine rings is 1. The summed E-state index contributed by atoms with van der Waals surface area (Å²) in [5, 5.41) is 0. The quantitative estimate of drug-likeness (QED) is 0.845. The minimum absolute atomic E-state index is 0.533. The molecule has 0 amide bonds. The van der Waals surface area contributed by atoms with Gasteiger partial charge < -0.3 is 4.90 Å². The average Bonchev–Trinajstić information content (AvgIpc) is 3.41. The molecule has 0 bridgehead atoms. The summed E-state index contributed by atoms with van der Waals surface area (Å²) < 4.78 is 0. The third-order valence-electron chi connectivity index (χ3n) is 5.42. The number of anilines is 2. The van der Waals surface area contributed by atoms with Crippen molar-refractivity contribution in [3.8, 4) is 0 Å². The topological polar surface area (TPSA) is 19.4 Å². The van der Waals surface area contributed by atoms with Crippen molar-refractivity contribution in [3.05, 3.63) is 53.9 Å². The Bertz CT molecular complexity index is 679. The lowest BCUT2D eigenvalue weighted by molar-refractivity contribution is 0.190. The number of rotatable bonds is 4. The lowest BCUT2D eigenvalue weighted by atomic mass is 9.92. The van der Waals surface area contributed by atoms with E-state index in [9.17, 15) is 0 Å². The Balaban J connectivity index is 1.60. The van der Waals surface area contributed by atoms with E-state index in [1.54, 1.807) is 0 Å². The first-order valence-electron chi connectivity index (χ1n) is 8.73. The van der Waals surface area contributed by atoms with Crippen LogP contribution in [0, 0.1) is 5.92 Å². The highest BCUT2D eigenvalue weighted by Crippen LogP contribution is 2.37. The summed E-state index contributed by atoms with van der Waals surface area (Å²) in [6.45, 7) is 4.87. The van der Waals surface area contributed by atoms with Gasteiger partial charge in [0.05, 0.1) is 0 Å². The van der Waals surface area contributed by atoms with Crippen LogP contribution in [-0.2, 0) is 6.42 Å². The summed E-state index contributed by atoms with van der Waals surface area (Å²) in [5.41, 5.74) is 5.47. The number of nitrogens with zero attached hydrogens (tertiary/aromatic N) is 3. The third kappa shape index (κ3) is 2.98. The van der Waals surface area contributed by atoms with E-state index >= 15 is 0 Å². The van der Waals surface area contributed by atoms with Gasteiger partial charge in [0.25, 0.3) is 0 Å². The minimum atomic E-state index is 0.533. The fourth-order valence-corrected chi connectivity index (χ4v) is 3.66. The molecule has 1 aliphatic heterocycles. The highest BCUT2D eigenvalue weighted by atomic mass is 15.2. The largest absolute Gasteiger partial charge is 0.345 e. The van der Waals surface area contributed by atoms with Crippen molar-refractivity contribution in [2.75, 3.05) is 25.0 Å². The van der Waals surface area contributed by atoms with Crippen molar-refractivity contribution < 1.29 is 0 Å². The fourth-order valence-electron chi connectivity index (χ4n) is 3.66. The molecule has 1 saturated carbocycles. The normalized spacial score (nSPS) is 21.0. The van der Waals surface area contributed by atoms with Crippen LogP contribution in [-0.4, -0.2) is 30.0 Å². The lowest BCUT2D eigenvalue weighted by Gasteiger charge is -2.36. The molecule has 3 heteroatoms. The zero-order valence-corrected chi connectivity index (χ0v) is 14.1. The van der Waals surface area contributed by atoms with E-state index in [0.717, 1.165) is 5.92 Å². The maximum Gasteiger partial charge on any atom is 0.0438 e. The zero-order valence-electron chi connectivity index (χ0n) is 14.1. The van der Waals surface area contributed by atoms with Crippen LogP contribution in [0.5, 0.6) is 0 Å². The molecule has 1 aromatic heterocycles. The molecular weight excluding hydrogens is 282 g/mol. The summed E-state index contributed by atoms with van der Waals surface area (Å²) in [6, 6.07) is 11.6. The first-order chi connectivity index (χ1) is 11.2. The van der Waals surface area contributed by atoms with E-state index in [1.165, 1.54) is 54.9 Å². The van der Waals surface area contributed by atoms with Crippen molar-refractivity contribution in [3.63, 3.8) is 0 Å². The second-order valence-electron chi connectivity index (χ2n) is 7.01. The standard InChI is InChI=1S/C20H25N3/c1-15-20-13-19(22(2)18-7-10-21-11-8-18)6-5-17(20)9-12-23(15)14-16-3-4-16/h5-8,10-11,13,15-16H,3-4,9,12,14H2,1-2H3. The molecule has 0 spiro atoms. The molecule has 120 valence electrons. The molecular formula is C20H25N3. The Labute approximate surface area is 139 Å². The predicted molar refractivity (Wildman–Crippen MR) is 95.2 cm³/mol. The van der Waals surface area contributed by atoms with E-state index in [-0.39, 0.29) is 0 Å². The molecule has 0 radical (unpaired) electrons. The Morgan fingerprint density at radius 1 is 1.13 bits per heavy atom. The van der Waals surface area contributed by atoms with E-state index in [1.807, 2.05) is 12.4 Å². The van der Waals surface area contributed by atoms with Crippen molar-refractivity contribution >= 4 is 11.4 Å². The number of benzene rings is 1. The van der Waals surface area contributed by atoms with Crippen LogP contribution < -0.4 is 4.90 Å². The van der Waals surface area contributed by atoms with E-state index in [2.05, 4.69) is 59.1 Å². The van der Waals surface area contributed by atoms with Crippen LogP contribution in [0.1, 0.15) is 36.9 Å². The maximum absolute atomic E-state index is 4.11. The van der Waals surface area contributed by atoms with Gasteiger partial charge in [0.1, 0.15) is 0 Å². The second-order valence-corrected chi connectivity index (χ2v) is 7.01. The highest BCUT2D eigenvalue weighted by molar-refractivity contribution is 5.63. The molecule has 1 aliphatic carbocycles. The number of hydrogen-bond acceptors (Lipinski definition) is 3. The predicted octanol–water partition coefficient (Wildman–Crippen LogP) is 4.18. The smallest absolute Gasteiger partial charge is 0.0438 e. The summed E-state index contributed by atoms with van der Waals surface area (Å²) in [7, 11) is 2.13. The summed E-state index contributed by atoms with van der Waals surface area (Å²) in [6.07, 6.45) is 7.75. The molecule has 0 saturated heterocycles. The Kier molecular flexibility index (Phi) is 3.82. The Morgan fingerprint density at radius 2 is 1.91 bits per heavy atom. The zero-order chi connectivity index (χ0) is 15.8. The molecule has 0 N–H and O–H groups in total. The molecule has 23 heavy (non-hydrogen) atoms. The molecule has 1 atom stereocenters. The van der Waals surface area contributed by atoms with Gasteiger partial charge in [-0.3, -0.25) is 9.88 Å². The first-order valence-corrected chi connectivity index (χ1v) is 8.73. The first kappa shape index (κ1) is 14.7. The summed E-state index contributed by atoms with van der Waals surface area (Å²) in [5.74, 6) is 0.960. The molecule has 1 unspecified atom stereocenters. The molecule has 2 aromatic rings. The SMILES string of the molecule is CC1c2cc(N(C)c3ccncc3)ccc2CCN1CC1CC1. The van der Waals surface area contributed by atoms with Gasteiger partial charge in [-0.2, -0.15) is 0 Å². The molecule has 2 aliphatic rings. The molecule has 1 fully saturated rings. The van der Waals surface area contributed by atoms with Gasteiger partial charge in [-0.05, 0) is 67.5 Å². The number of hydrogen-bond donors (Lipinski definition) is 0. The van der Waals surface area contributed by atoms with Crippen LogP contribution in [0.15, 0.2) is 42.7 Å². The second kappa shape index (κ2) is 5.97. The van der Waals surface area contributed by atoms with Gasteiger partial charge >= 0.3 is 0 Å². The molecule has 3 nitrogen and oxygen atoms in total. The van der Waals surface area contributed by atoms with E-state index in [0.29, 0.717) is 6.04 Å². The Morgan fingerprint density at radius 3 is 2.65 bits per heavy atom. The van der Waals surface area contributed by atoms with E-state index < -0.39 is 0 Å². The van der Waals surface area contributed by atoms with Gasteiger partial charge in [0.15, 0.2) is 0 Å². The van der Waals surface area contributed by atoms with Crippen molar-refractivity contribution in [1.29, 1.82) is 0 Å². The molecule has 1 aromatic carbocycles. The molecule has 2 heterocycles. The fraction of sp³-hybridized carbons (Fsp3) is 0.450. The monoisotopic (exact) mass is 307 g/mol. The van der Waals surface area contributed by atoms with Gasteiger partial charge in [-0.1, -0.05) is 6.07 Å². The lowest BCUT2D eigenvalue weighted by Crippen LogP contribution is -2.35. The molecule has 4 rings (SSSR count). The van der Waals surface area contributed by atoms with Gasteiger partial charge in [0.2, 0.25) is 0 Å². The maximum atomic E-state index is 4.11. The van der Waals surface area contributed by atoms with Crippen molar-refractivity contribution in [2.24, 2.45) is 5.92 Å². The average molecular weight is 307 g/mol. The van der Waals surface area contributed by atoms with Gasteiger partial charge in [-0.15, -0.1) is 0 Å². The van der Waals surface area contributed by atoms with Crippen LogP contribution in [0.3, 0.4) is 0 Å².